The molecule has 2 aromatic rings. The van der Waals surface area contributed by atoms with Gasteiger partial charge in [0.1, 0.15) is 0 Å². The van der Waals surface area contributed by atoms with Crippen LogP contribution in [0.25, 0.3) is 0 Å². The van der Waals surface area contributed by atoms with Gasteiger partial charge in [0.15, 0.2) is 0 Å². The predicted octanol–water partition coefficient (Wildman–Crippen LogP) is 0.477. The number of hydrogen-bond donors (Lipinski definition) is 3. The number of sulfonamides is 1. The van der Waals surface area contributed by atoms with Gasteiger partial charge in [-0.3, -0.25) is 9.52 Å². The highest BCUT2D eigenvalue weighted by atomic mass is 35.5. The topological polar surface area (TPSA) is 130 Å². The largest absolute Gasteiger partial charge is 0.319 e. The van der Waals surface area contributed by atoms with Crippen LogP contribution >= 0.6 is 11.6 Å². The lowest BCUT2D eigenvalue weighted by molar-refractivity contribution is 0.101. The van der Waals surface area contributed by atoms with E-state index in [1.807, 2.05) is 0 Å². The second-order valence-corrected chi connectivity index (χ2v) is 5.91. The third-order valence-electron chi connectivity index (χ3n) is 2.07. The maximum atomic E-state index is 11.6. The summed E-state index contributed by atoms with van der Waals surface area (Å²) in [5.41, 5.74) is 0.579. The molecule has 3 N–H and O–H groups in total. The molecule has 0 atom stereocenters. The van der Waals surface area contributed by atoms with Crippen LogP contribution < -0.4 is 10.0 Å². The highest BCUT2D eigenvalue weighted by Gasteiger charge is 2.12. The molecule has 0 unspecified atom stereocenters. The van der Waals surface area contributed by atoms with E-state index in [0.29, 0.717) is 5.69 Å². The Kier molecular flexibility index (Phi) is 3.86. The minimum absolute atomic E-state index is 0.126. The van der Waals surface area contributed by atoms with Crippen molar-refractivity contribution in [2.45, 2.75) is 0 Å². The van der Waals surface area contributed by atoms with E-state index in [4.69, 9.17) is 11.6 Å². The molecule has 106 valence electrons. The van der Waals surface area contributed by atoms with Crippen molar-refractivity contribution in [1.82, 2.24) is 20.6 Å². The zero-order valence-electron chi connectivity index (χ0n) is 10.1. The molecule has 1 amide bonds. The van der Waals surface area contributed by atoms with E-state index in [9.17, 15) is 13.2 Å². The number of amides is 1. The van der Waals surface area contributed by atoms with E-state index >= 15 is 0 Å². The first kappa shape index (κ1) is 14.2. The quantitative estimate of drug-likeness (QED) is 0.752. The number of rotatable bonds is 4. The number of H-pyrrole nitrogens is 1. The van der Waals surface area contributed by atoms with Gasteiger partial charge in [-0.1, -0.05) is 11.6 Å². The second kappa shape index (κ2) is 5.43. The fourth-order valence-electron chi connectivity index (χ4n) is 1.32. The molecule has 1 aromatic carbocycles. The Hall–Kier alpha value is -2.20. The van der Waals surface area contributed by atoms with E-state index in [-0.39, 0.29) is 16.5 Å². The van der Waals surface area contributed by atoms with Gasteiger partial charge >= 0.3 is 0 Å². The summed E-state index contributed by atoms with van der Waals surface area (Å²) in [6.45, 7) is 0. The third kappa shape index (κ3) is 3.65. The molecule has 0 fully saturated rings. The number of hydrogen-bond acceptors (Lipinski definition) is 6. The Bertz CT molecular complexity index is 730. The van der Waals surface area contributed by atoms with Gasteiger partial charge in [-0.2, -0.15) is 5.21 Å². The molecule has 0 aliphatic heterocycles. The molecule has 0 bridgehead atoms. The fourth-order valence-corrected chi connectivity index (χ4v) is 2.18. The Morgan fingerprint density at radius 2 is 2.15 bits per heavy atom. The molecular weight excluding hydrogens is 308 g/mol. The summed E-state index contributed by atoms with van der Waals surface area (Å²) < 4.78 is 24.5. The molecule has 0 aliphatic rings. The first-order valence-electron chi connectivity index (χ1n) is 5.17. The zero-order chi connectivity index (χ0) is 14.8. The van der Waals surface area contributed by atoms with Crippen LogP contribution in [0, 0.1) is 0 Å². The SMILES string of the molecule is CS(=O)(=O)Nc1ccc(NC(=O)c2nn[nH]n2)cc1Cl. The van der Waals surface area contributed by atoms with Crippen molar-refractivity contribution in [2.75, 3.05) is 16.3 Å². The monoisotopic (exact) mass is 316 g/mol. The molecule has 0 aliphatic carbocycles. The summed E-state index contributed by atoms with van der Waals surface area (Å²) in [5, 5.41) is 15.1. The van der Waals surface area contributed by atoms with Crippen molar-refractivity contribution in [3.63, 3.8) is 0 Å². The van der Waals surface area contributed by atoms with Gasteiger partial charge in [-0.25, -0.2) is 8.42 Å². The average molecular weight is 317 g/mol. The minimum atomic E-state index is -3.43. The van der Waals surface area contributed by atoms with Gasteiger partial charge in [-0.15, -0.1) is 10.2 Å². The van der Waals surface area contributed by atoms with Gasteiger partial charge in [0.2, 0.25) is 10.0 Å². The Labute approximate surface area is 118 Å². The van der Waals surface area contributed by atoms with E-state index in [1.54, 1.807) is 0 Å². The van der Waals surface area contributed by atoms with Crippen molar-refractivity contribution in [3.05, 3.63) is 29.0 Å². The number of carbonyl (C=O) groups is 1. The van der Waals surface area contributed by atoms with Crippen LogP contribution in [-0.2, 0) is 10.0 Å². The number of aromatic nitrogens is 4. The van der Waals surface area contributed by atoms with Gasteiger partial charge in [0.25, 0.3) is 11.7 Å². The summed E-state index contributed by atoms with van der Waals surface area (Å²) in [6, 6.07) is 4.31. The summed E-state index contributed by atoms with van der Waals surface area (Å²) in [6.07, 6.45) is 1.01. The van der Waals surface area contributed by atoms with Crippen molar-refractivity contribution in [1.29, 1.82) is 0 Å². The summed E-state index contributed by atoms with van der Waals surface area (Å²) in [5.74, 6) is -0.696. The summed E-state index contributed by atoms with van der Waals surface area (Å²) in [7, 11) is -3.43. The molecular formula is C9H9ClN6O3S. The van der Waals surface area contributed by atoms with E-state index in [0.717, 1.165) is 6.26 Å². The van der Waals surface area contributed by atoms with E-state index in [1.165, 1.54) is 18.2 Å². The Balaban J connectivity index is 2.15. The minimum Gasteiger partial charge on any atom is -0.319 e. The lowest BCUT2D eigenvalue weighted by atomic mass is 10.3. The number of carbonyl (C=O) groups excluding carboxylic acids is 1. The molecule has 0 saturated heterocycles. The molecule has 1 aromatic heterocycles. The summed E-state index contributed by atoms with van der Waals surface area (Å²) in [4.78, 5) is 11.6. The first-order valence-corrected chi connectivity index (χ1v) is 7.44. The highest BCUT2D eigenvalue weighted by Crippen LogP contribution is 2.26. The molecule has 9 nitrogen and oxygen atoms in total. The van der Waals surface area contributed by atoms with Crippen LogP contribution in [0.15, 0.2) is 18.2 Å². The van der Waals surface area contributed by atoms with Crippen LogP contribution in [-0.4, -0.2) is 41.2 Å². The molecule has 0 saturated carbocycles. The number of halogens is 1. The lowest BCUT2D eigenvalue weighted by Crippen LogP contribution is -2.14. The number of nitrogens with one attached hydrogen (secondary N) is 3. The number of benzene rings is 1. The molecule has 1 heterocycles. The van der Waals surface area contributed by atoms with Crippen LogP contribution in [0.2, 0.25) is 5.02 Å². The molecule has 2 rings (SSSR count). The Morgan fingerprint density at radius 1 is 1.40 bits per heavy atom. The number of tetrazole rings is 1. The van der Waals surface area contributed by atoms with E-state index < -0.39 is 15.9 Å². The predicted molar refractivity (Wildman–Crippen MR) is 72.0 cm³/mol. The third-order valence-corrected chi connectivity index (χ3v) is 2.97. The van der Waals surface area contributed by atoms with E-state index in [2.05, 4.69) is 30.7 Å². The fraction of sp³-hybridized carbons (Fsp3) is 0.111. The normalized spacial score (nSPS) is 11.1. The molecule has 20 heavy (non-hydrogen) atoms. The smallest absolute Gasteiger partial charge is 0.297 e. The average Bonchev–Trinajstić information content (AvgIpc) is 2.85. The van der Waals surface area contributed by atoms with Crippen LogP contribution in [0.4, 0.5) is 11.4 Å². The number of nitrogens with zero attached hydrogens (tertiary/aromatic N) is 3. The first-order chi connectivity index (χ1) is 9.35. The lowest BCUT2D eigenvalue weighted by Gasteiger charge is -2.08. The number of aromatic amines is 1. The van der Waals surface area contributed by atoms with Gasteiger partial charge in [-0.05, 0) is 23.4 Å². The van der Waals surface area contributed by atoms with Crippen molar-refractivity contribution < 1.29 is 13.2 Å². The second-order valence-electron chi connectivity index (χ2n) is 3.76. The van der Waals surface area contributed by atoms with Crippen LogP contribution in [0.5, 0.6) is 0 Å². The molecule has 0 radical (unpaired) electrons. The van der Waals surface area contributed by atoms with Crippen molar-refractivity contribution >= 4 is 38.9 Å². The standard InChI is InChI=1S/C9H9ClN6O3S/c1-20(18,19)14-7-3-2-5(4-6(7)10)11-9(17)8-12-15-16-13-8/h2-4,14H,1H3,(H,11,17)(H,12,13,15,16). The van der Waals surface area contributed by atoms with Gasteiger partial charge in [0, 0.05) is 5.69 Å². The molecule has 0 spiro atoms. The summed E-state index contributed by atoms with van der Waals surface area (Å²) >= 11 is 5.92. The Morgan fingerprint density at radius 3 is 2.70 bits per heavy atom. The maximum absolute atomic E-state index is 11.6. The van der Waals surface area contributed by atoms with Crippen molar-refractivity contribution in [3.8, 4) is 0 Å². The highest BCUT2D eigenvalue weighted by molar-refractivity contribution is 7.92. The van der Waals surface area contributed by atoms with Crippen molar-refractivity contribution in [2.24, 2.45) is 0 Å². The maximum Gasteiger partial charge on any atom is 0.297 e. The molecule has 11 heteroatoms. The number of anilines is 2. The van der Waals surface area contributed by atoms with Crippen LogP contribution in [0.1, 0.15) is 10.6 Å². The van der Waals surface area contributed by atoms with Crippen LogP contribution in [0.3, 0.4) is 0 Å². The zero-order valence-corrected chi connectivity index (χ0v) is 11.7. The van der Waals surface area contributed by atoms with Gasteiger partial charge < -0.3 is 5.32 Å². The van der Waals surface area contributed by atoms with Gasteiger partial charge in [0.05, 0.1) is 17.0 Å².